The zero-order chi connectivity index (χ0) is 9.42. The van der Waals surface area contributed by atoms with Crippen LogP contribution in [0.1, 0.15) is 18.0 Å². The first-order chi connectivity index (χ1) is 6.20. The third-order valence-corrected chi connectivity index (χ3v) is 4.20. The molecule has 2 N–H and O–H groups in total. The van der Waals surface area contributed by atoms with Crippen LogP contribution in [0.25, 0.3) is 0 Å². The van der Waals surface area contributed by atoms with Crippen molar-refractivity contribution in [3.05, 3.63) is 26.6 Å². The van der Waals surface area contributed by atoms with Gasteiger partial charge in [0.25, 0.3) is 0 Å². The fourth-order valence-corrected chi connectivity index (χ4v) is 2.43. The molecule has 0 aromatic heterocycles. The summed E-state index contributed by atoms with van der Waals surface area (Å²) in [4.78, 5) is 0. The maximum Gasteiger partial charge on any atom is 0.125 e. The summed E-state index contributed by atoms with van der Waals surface area (Å²) in [5.41, 5.74) is 7.06. The molecule has 1 heterocycles. The predicted molar refractivity (Wildman–Crippen MR) is 58.9 cm³/mol. The van der Waals surface area contributed by atoms with E-state index >= 15 is 0 Å². The predicted octanol–water partition coefficient (Wildman–Crippen LogP) is 2.99. The Labute approximate surface area is 93.7 Å². The summed E-state index contributed by atoms with van der Waals surface area (Å²) in [6, 6.07) is 3.99. The first kappa shape index (κ1) is 9.49. The van der Waals surface area contributed by atoms with Crippen molar-refractivity contribution in [3.8, 4) is 5.75 Å². The molecule has 0 fully saturated rings. The molecule has 0 amide bonds. The molecule has 1 aliphatic rings. The van der Waals surface area contributed by atoms with Crippen LogP contribution in [0.5, 0.6) is 5.75 Å². The van der Waals surface area contributed by atoms with Crippen LogP contribution in [-0.2, 0) is 0 Å². The molecule has 70 valence electrons. The Morgan fingerprint density at radius 1 is 1.38 bits per heavy atom. The Morgan fingerprint density at radius 2 is 2.15 bits per heavy atom. The Bertz CT molecular complexity index is 341. The Balaban J connectivity index is 2.58. The van der Waals surface area contributed by atoms with Crippen LogP contribution in [0.2, 0.25) is 0 Å². The molecule has 4 heteroatoms. The van der Waals surface area contributed by atoms with Crippen LogP contribution in [-0.4, -0.2) is 6.61 Å². The van der Waals surface area contributed by atoms with Crippen molar-refractivity contribution in [2.45, 2.75) is 12.5 Å². The topological polar surface area (TPSA) is 35.2 Å². The lowest BCUT2D eigenvalue weighted by atomic mass is 10.0. The third kappa shape index (κ3) is 1.63. The Kier molecular flexibility index (Phi) is 2.62. The first-order valence-electron chi connectivity index (χ1n) is 4.06. The van der Waals surface area contributed by atoms with Gasteiger partial charge in [-0.3, -0.25) is 0 Å². The average Bonchev–Trinajstić information content (AvgIpc) is 2.12. The standard InChI is InChI=1S/C9H9Br2NO/c10-5-1-2-7-8(9(5)11)6(12)3-4-13-7/h1-2,6H,3-4,12H2/t6-/m1/s1. The quantitative estimate of drug-likeness (QED) is 0.800. The van der Waals surface area contributed by atoms with E-state index in [1.807, 2.05) is 12.1 Å². The summed E-state index contributed by atoms with van der Waals surface area (Å²) < 4.78 is 7.53. The van der Waals surface area contributed by atoms with E-state index in [2.05, 4.69) is 31.9 Å². The second-order valence-electron chi connectivity index (χ2n) is 3.02. The van der Waals surface area contributed by atoms with Gasteiger partial charge in [0.05, 0.1) is 6.61 Å². The number of ether oxygens (including phenoxy) is 1. The van der Waals surface area contributed by atoms with E-state index in [1.54, 1.807) is 0 Å². The second-order valence-corrected chi connectivity index (χ2v) is 4.66. The normalized spacial score (nSPS) is 20.7. The summed E-state index contributed by atoms with van der Waals surface area (Å²) in [7, 11) is 0. The lowest BCUT2D eigenvalue weighted by Gasteiger charge is -2.24. The van der Waals surface area contributed by atoms with Gasteiger partial charge < -0.3 is 10.5 Å². The molecule has 13 heavy (non-hydrogen) atoms. The molecule has 0 bridgehead atoms. The molecule has 2 rings (SSSR count). The van der Waals surface area contributed by atoms with E-state index < -0.39 is 0 Å². The van der Waals surface area contributed by atoms with E-state index in [-0.39, 0.29) is 6.04 Å². The molecule has 1 aromatic rings. The minimum atomic E-state index is 0.0793. The number of benzene rings is 1. The molecule has 0 saturated heterocycles. The van der Waals surface area contributed by atoms with Gasteiger partial charge >= 0.3 is 0 Å². The highest BCUT2D eigenvalue weighted by Gasteiger charge is 2.21. The Hall–Kier alpha value is -0.0600. The molecular formula is C9H9Br2NO. The van der Waals surface area contributed by atoms with E-state index in [0.29, 0.717) is 6.61 Å². The zero-order valence-electron chi connectivity index (χ0n) is 6.89. The fourth-order valence-electron chi connectivity index (χ4n) is 1.46. The number of fused-ring (bicyclic) bond motifs is 1. The molecule has 0 spiro atoms. The summed E-state index contributed by atoms with van der Waals surface area (Å²) in [6.07, 6.45) is 0.877. The summed E-state index contributed by atoms with van der Waals surface area (Å²) in [5.74, 6) is 0.897. The van der Waals surface area contributed by atoms with Gasteiger partial charge in [0.2, 0.25) is 0 Å². The minimum Gasteiger partial charge on any atom is -0.493 e. The summed E-state index contributed by atoms with van der Waals surface area (Å²) >= 11 is 6.94. The van der Waals surface area contributed by atoms with Crippen LogP contribution in [0, 0.1) is 0 Å². The lowest BCUT2D eigenvalue weighted by molar-refractivity contribution is 0.268. The van der Waals surface area contributed by atoms with Gasteiger partial charge in [-0.15, -0.1) is 0 Å². The van der Waals surface area contributed by atoms with Gasteiger partial charge in [-0.25, -0.2) is 0 Å². The van der Waals surface area contributed by atoms with Gasteiger partial charge in [-0.1, -0.05) is 0 Å². The van der Waals surface area contributed by atoms with Crippen molar-refractivity contribution >= 4 is 31.9 Å². The van der Waals surface area contributed by atoms with Gasteiger partial charge in [-0.2, -0.15) is 0 Å². The van der Waals surface area contributed by atoms with Crippen molar-refractivity contribution in [1.29, 1.82) is 0 Å². The van der Waals surface area contributed by atoms with Crippen molar-refractivity contribution in [3.63, 3.8) is 0 Å². The molecule has 0 radical (unpaired) electrons. The van der Waals surface area contributed by atoms with E-state index in [4.69, 9.17) is 10.5 Å². The van der Waals surface area contributed by atoms with Gasteiger partial charge in [0.15, 0.2) is 0 Å². The highest BCUT2D eigenvalue weighted by Crippen LogP contribution is 2.40. The second kappa shape index (κ2) is 3.59. The van der Waals surface area contributed by atoms with Crippen LogP contribution >= 0.6 is 31.9 Å². The molecule has 2 nitrogen and oxygen atoms in total. The smallest absolute Gasteiger partial charge is 0.125 e. The number of halogens is 2. The third-order valence-electron chi connectivity index (χ3n) is 2.15. The molecule has 1 atom stereocenters. The largest absolute Gasteiger partial charge is 0.493 e. The van der Waals surface area contributed by atoms with Gasteiger partial charge in [0.1, 0.15) is 5.75 Å². The number of hydrogen-bond donors (Lipinski definition) is 1. The molecule has 0 saturated carbocycles. The van der Waals surface area contributed by atoms with E-state index in [1.165, 1.54) is 0 Å². The van der Waals surface area contributed by atoms with Crippen molar-refractivity contribution in [1.82, 2.24) is 0 Å². The van der Waals surface area contributed by atoms with Gasteiger partial charge in [0, 0.05) is 27.0 Å². The maximum absolute atomic E-state index is 5.99. The van der Waals surface area contributed by atoms with Crippen LogP contribution in [0.15, 0.2) is 21.1 Å². The van der Waals surface area contributed by atoms with E-state index in [0.717, 1.165) is 26.7 Å². The zero-order valence-corrected chi connectivity index (χ0v) is 10.1. The van der Waals surface area contributed by atoms with E-state index in [9.17, 15) is 0 Å². The fraction of sp³-hybridized carbons (Fsp3) is 0.333. The monoisotopic (exact) mass is 305 g/mol. The Morgan fingerprint density at radius 3 is 2.92 bits per heavy atom. The van der Waals surface area contributed by atoms with Crippen molar-refractivity contribution in [2.75, 3.05) is 6.61 Å². The number of nitrogens with two attached hydrogens (primary N) is 1. The molecule has 0 unspecified atom stereocenters. The average molecular weight is 307 g/mol. The van der Waals surface area contributed by atoms with Crippen LogP contribution in [0.3, 0.4) is 0 Å². The summed E-state index contributed by atoms with van der Waals surface area (Å²) in [5, 5.41) is 0. The molecule has 1 aromatic carbocycles. The van der Waals surface area contributed by atoms with Crippen molar-refractivity contribution in [2.24, 2.45) is 5.73 Å². The first-order valence-corrected chi connectivity index (χ1v) is 5.65. The van der Waals surface area contributed by atoms with Crippen LogP contribution < -0.4 is 10.5 Å². The highest BCUT2D eigenvalue weighted by atomic mass is 79.9. The number of hydrogen-bond acceptors (Lipinski definition) is 2. The van der Waals surface area contributed by atoms with Crippen LogP contribution in [0.4, 0.5) is 0 Å². The maximum atomic E-state index is 5.99. The molecule has 1 aliphatic heterocycles. The minimum absolute atomic E-state index is 0.0793. The summed E-state index contributed by atoms with van der Waals surface area (Å²) in [6.45, 7) is 0.711. The van der Waals surface area contributed by atoms with Crippen molar-refractivity contribution < 1.29 is 4.74 Å². The molecular weight excluding hydrogens is 298 g/mol. The number of rotatable bonds is 0. The lowest BCUT2D eigenvalue weighted by Crippen LogP contribution is -2.21. The highest BCUT2D eigenvalue weighted by molar-refractivity contribution is 9.13. The SMILES string of the molecule is N[C@@H]1CCOc2ccc(Br)c(Br)c21. The van der Waals surface area contributed by atoms with Gasteiger partial charge in [-0.05, 0) is 44.0 Å². The molecule has 0 aliphatic carbocycles.